The van der Waals surface area contributed by atoms with Gasteiger partial charge in [0.1, 0.15) is 0 Å². The molecule has 0 N–H and O–H groups in total. The molecule has 0 aliphatic heterocycles. The van der Waals surface area contributed by atoms with Gasteiger partial charge in [-0.1, -0.05) is 0 Å². The molecule has 0 aliphatic carbocycles. The molecule has 0 saturated carbocycles. The van der Waals surface area contributed by atoms with Crippen LogP contribution in [0.4, 0.5) is 0 Å². The Balaban J connectivity index is 0. The van der Waals surface area contributed by atoms with E-state index >= 15 is 0 Å². The van der Waals surface area contributed by atoms with Crippen molar-refractivity contribution in [3.8, 4) is 0 Å². The van der Waals surface area contributed by atoms with Crippen LogP contribution in [0.3, 0.4) is 0 Å². The Morgan fingerprint density at radius 2 is 1.50 bits per heavy atom. The fourth-order valence-corrected chi connectivity index (χ4v) is 0.0962. The fourth-order valence-electron chi connectivity index (χ4n) is 0.0962. The van der Waals surface area contributed by atoms with E-state index < -0.39 is 0 Å². The van der Waals surface area contributed by atoms with Crippen molar-refractivity contribution >= 4 is 7.69 Å². The smallest absolute Gasteiger partial charge is 0.628 e. The van der Waals surface area contributed by atoms with E-state index in [-0.39, 0.29) is 18.9 Å². The molecule has 6 heavy (non-hydrogen) atoms. The van der Waals surface area contributed by atoms with Crippen molar-refractivity contribution in [1.82, 2.24) is 0 Å². The maximum absolute atomic E-state index is 4.34. The molecule has 0 aliphatic rings. The van der Waals surface area contributed by atoms with Crippen molar-refractivity contribution in [2.45, 2.75) is 0 Å². The van der Waals surface area contributed by atoms with Crippen LogP contribution in [0.1, 0.15) is 0 Å². The van der Waals surface area contributed by atoms with Crippen molar-refractivity contribution < 1.29 is 28.2 Å². The van der Waals surface area contributed by atoms with Gasteiger partial charge in [-0.25, -0.2) is 0 Å². The van der Waals surface area contributed by atoms with E-state index in [4.69, 9.17) is 0 Å². The first-order valence-corrected chi connectivity index (χ1v) is 1.29. The van der Waals surface area contributed by atoms with Crippen LogP contribution in [-0.2, 0) is 9.31 Å². The molecule has 0 saturated heterocycles. The van der Waals surface area contributed by atoms with Gasteiger partial charge in [0.2, 0.25) is 0 Å². The van der Waals surface area contributed by atoms with Gasteiger partial charge in [-0.05, 0) is 21.9 Å². The average Bonchev–Trinajstić information content (AvgIpc) is 1.41. The molecule has 0 aromatic rings. The standard InChI is InChI=1S/C2H6BO2.Li/c1-4-3-5-2;/h1-2H3;/q-1;+1. The van der Waals surface area contributed by atoms with E-state index in [1.165, 1.54) is 21.9 Å². The van der Waals surface area contributed by atoms with Gasteiger partial charge in [-0.3, -0.25) is 0 Å². The summed E-state index contributed by atoms with van der Waals surface area (Å²) >= 11 is 0. The van der Waals surface area contributed by atoms with Gasteiger partial charge in [0.15, 0.2) is 0 Å². The van der Waals surface area contributed by atoms with Crippen LogP contribution in [0, 0.1) is 0 Å². The van der Waals surface area contributed by atoms with Crippen molar-refractivity contribution in [3.05, 3.63) is 0 Å². The maximum atomic E-state index is 4.34. The molecule has 2 radical (unpaired) electrons. The zero-order valence-corrected chi connectivity index (χ0v) is 4.39. The number of rotatable bonds is 2. The normalized spacial score (nSPS) is 7.00. The third-order valence-electron chi connectivity index (χ3n) is 0.192. The Hall–Kier alpha value is 0.582. The molecule has 0 fully saturated rings. The summed E-state index contributed by atoms with van der Waals surface area (Å²) in [6.07, 6.45) is 0. The molecule has 0 rings (SSSR count). The summed E-state index contributed by atoms with van der Waals surface area (Å²) in [5.74, 6) is 0. The Kier molecular flexibility index (Phi) is 14.9. The molecule has 2 nitrogen and oxygen atoms in total. The molecule has 0 aromatic carbocycles. The van der Waals surface area contributed by atoms with Crippen LogP contribution in [0.25, 0.3) is 0 Å². The molecule has 0 atom stereocenters. The summed E-state index contributed by atoms with van der Waals surface area (Å²) in [4.78, 5) is 0. The second-order valence-electron chi connectivity index (χ2n) is 0.568. The second kappa shape index (κ2) is 9.13. The molecule has 0 unspecified atom stereocenters. The van der Waals surface area contributed by atoms with Crippen molar-refractivity contribution in [1.29, 1.82) is 0 Å². The Morgan fingerprint density at radius 1 is 1.17 bits per heavy atom. The predicted octanol–water partition coefficient (Wildman–Crippen LogP) is -3.18. The van der Waals surface area contributed by atoms with Gasteiger partial charge in [0.05, 0.1) is 0 Å². The van der Waals surface area contributed by atoms with Gasteiger partial charge >= 0.3 is 18.9 Å². The van der Waals surface area contributed by atoms with E-state index in [1.54, 1.807) is 0 Å². The topological polar surface area (TPSA) is 18.5 Å². The molecule has 0 aromatic heterocycles. The van der Waals surface area contributed by atoms with Crippen molar-refractivity contribution in [2.24, 2.45) is 0 Å². The van der Waals surface area contributed by atoms with Gasteiger partial charge < -0.3 is 9.31 Å². The third-order valence-corrected chi connectivity index (χ3v) is 0.192. The first-order chi connectivity index (χ1) is 2.41. The summed E-state index contributed by atoms with van der Waals surface area (Å²) in [5, 5.41) is 0. The number of hydrogen-bond acceptors (Lipinski definition) is 2. The van der Waals surface area contributed by atoms with E-state index in [1.807, 2.05) is 0 Å². The quantitative estimate of drug-likeness (QED) is 0.325. The monoisotopic (exact) mass is 80.1 g/mol. The molecule has 4 heteroatoms. The molecule has 0 amide bonds. The molecule has 30 valence electrons. The summed E-state index contributed by atoms with van der Waals surface area (Å²) in [6, 6.07) is 0. The van der Waals surface area contributed by atoms with Crippen LogP contribution in [0.2, 0.25) is 0 Å². The van der Waals surface area contributed by atoms with Gasteiger partial charge in [-0.2, -0.15) is 0 Å². The summed E-state index contributed by atoms with van der Waals surface area (Å²) in [6.45, 7) is 0. The fraction of sp³-hybridized carbons (Fsp3) is 1.00. The van der Waals surface area contributed by atoms with E-state index in [9.17, 15) is 0 Å². The predicted molar refractivity (Wildman–Crippen MR) is 19.8 cm³/mol. The summed E-state index contributed by atoms with van der Waals surface area (Å²) < 4.78 is 8.69. The Bertz CT molecular complexity index is 19.0. The van der Waals surface area contributed by atoms with Crippen LogP contribution in [0.15, 0.2) is 0 Å². The SMILES string of the molecule is CO[B-]OC.[Li+]. The molecular formula is C2H6BLiO2. The van der Waals surface area contributed by atoms with E-state index in [0.29, 0.717) is 0 Å². The van der Waals surface area contributed by atoms with Gasteiger partial charge in [-0.15, -0.1) is 0 Å². The van der Waals surface area contributed by atoms with Crippen molar-refractivity contribution in [2.75, 3.05) is 14.2 Å². The number of hydrogen-bond donors (Lipinski definition) is 0. The van der Waals surface area contributed by atoms with Crippen LogP contribution in [-0.4, -0.2) is 21.9 Å². The Morgan fingerprint density at radius 3 is 1.50 bits per heavy atom. The zero-order chi connectivity index (χ0) is 4.12. The maximum Gasteiger partial charge on any atom is 1.00 e. The van der Waals surface area contributed by atoms with Gasteiger partial charge in [0, 0.05) is 0 Å². The molecule has 0 spiro atoms. The van der Waals surface area contributed by atoms with Crippen LogP contribution >= 0.6 is 0 Å². The van der Waals surface area contributed by atoms with Crippen LogP contribution in [0.5, 0.6) is 0 Å². The minimum Gasteiger partial charge on any atom is -0.628 e. The zero-order valence-electron chi connectivity index (χ0n) is 4.39. The summed E-state index contributed by atoms with van der Waals surface area (Å²) in [7, 11) is 4.31. The Labute approximate surface area is 50.7 Å². The second-order valence-corrected chi connectivity index (χ2v) is 0.568. The van der Waals surface area contributed by atoms with Crippen molar-refractivity contribution in [3.63, 3.8) is 0 Å². The third kappa shape index (κ3) is 8.82. The van der Waals surface area contributed by atoms with Crippen LogP contribution < -0.4 is 18.9 Å². The molecule has 0 heterocycles. The van der Waals surface area contributed by atoms with Gasteiger partial charge in [0.25, 0.3) is 0 Å². The average molecular weight is 79.8 g/mol. The summed E-state index contributed by atoms with van der Waals surface area (Å²) in [5.41, 5.74) is 0. The molecular weight excluding hydrogens is 73.8 g/mol. The first kappa shape index (κ1) is 9.77. The molecule has 0 bridgehead atoms. The minimum absolute atomic E-state index is 0. The largest absolute Gasteiger partial charge is 1.00 e. The minimum atomic E-state index is 0. The van der Waals surface area contributed by atoms with E-state index in [0.717, 1.165) is 0 Å². The first-order valence-electron chi connectivity index (χ1n) is 1.29. The van der Waals surface area contributed by atoms with E-state index in [2.05, 4.69) is 9.31 Å².